The van der Waals surface area contributed by atoms with Crippen LogP contribution < -0.4 is 16.2 Å². The van der Waals surface area contributed by atoms with Crippen LogP contribution in [-0.4, -0.2) is 22.2 Å². The highest BCUT2D eigenvalue weighted by atomic mass is 16.5. The molecule has 21 heavy (non-hydrogen) atoms. The number of aromatic carboxylic acids is 2. The summed E-state index contributed by atoms with van der Waals surface area (Å²) in [5, 5.41) is 17.7. The van der Waals surface area contributed by atoms with Gasteiger partial charge in [0.05, 0.1) is 11.1 Å². The summed E-state index contributed by atoms with van der Waals surface area (Å²) in [7, 11) is 0. The summed E-state index contributed by atoms with van der Waals surface area (Å²) >= 11 is 0. The Kier molecular flexibility index (Phi) is 3.66. The molecule has 0 unspecified atom stereocenters. The summed E-state index contributed by atoms with van der Waals surface area (Å²) in [5.74, 6) is -1.62. The van der Waals surface area contributed by atoms with Crippen molar-refractivity contribution in [3.05, 3.63) is 47.5 Å². The molecule has 0 aromatic heterocycles. The lowest BCUT2D eigenvalue weighted by atomic mass is 10.1. The fraction of sp³-hybridized carbons (Fsp3) is 0. The third-order valence-electron chi connectivity index (χ3n) is 2.74. The van der Waals surface area contributed by atoms with Crippen LogP contribution in [-0.2, 0) is 0 Å². The van der Waals surface area contributed by atoms with Gasteiger partial charge in [0.15, 0.2) is 0 Å². The third kappa shape index (κ3) is 3.03. The van der Waals surface area contributed by atoms with Crippen LogP contribution in [0.3, 0.4) is 0 Å². The lowest BCUT2D eigenvalue weighted by Gasteiger charge is -2.09. The molecule has 0 aliphatic carbocycles. The van der Waals surface area contributed by atoms with E-state index in [1.54, 1.807) is 0 Å². The van der Waals surface area contributed by atoms with Gasteiger partial charge in [0.1, 0.15) is 11.5 Å². The first-order valence-corrected chi connectivity index (χ1v) is 5.82. The second-order valence-corrected chi connectivity index (χ2v) is 4.21. The van der Waals surface area contributed by atoms with E-state index < -0.39 is 11.9 Å². The van der Waals surface area contributed by atoms with Crippen molar-refractivity contribution in [1.29, 1.82) is 0 Å². The Bertz CT molecular complexity index is 666. The maximum Gasteiger partial charge on any atom is 0.337 e. The number of hydrogen-bond donors (Lipinski definition) is 4. The monoisotopic (exact) mass is 288 g/mol. The van der Waals surface area contributed by atoms with E-state index in [1.807, 2.05) is 0 Å². The molecule has 2 aromatic carbocycles. The topological polar surface area (TPSA) is 136 Å². The summed E-state index contributed by atoms with van der Waals surface area (Å²) in [6.07, 6.45) is 0. The highest BCUT2D eigenvalue weighted by Gasteiger charge is 2.11. The van der Waals surface area contributed by atoms with Crippen molar-refractivity contribution >= 4 is 23.3 Å². The van der Waals surface area contributed by atoms with Crippen LogP contribution in [0.4, 0.5) is 11.4 Å². The summed E-state index contributed by atoms with van der Waals surface area (Å²) in [6.45, 7) is 0. The smallest absolute Gasteiger partial charge is 0.337 e. The average molecular weight is 288 g/mol. The molecule has 0 saturated carbocycles. The number of benzene rings is 2. The number of ether oxygens (including phenoxy) is 1. The predicted molar refractivity (Wildman–Crippen MR) is 75.7 cm³/mol. The Morgan fingerprint density at radius 1 is 0.810 bits per heavy atom. The molecule has 2 rings (SSSR count). The van der Waals surface area contributed by atoms with Crippen molar-refractivity contribution in [3.63, 3.8) is 0 Å². The van der Waals surface area contributed by atoms with Gasteiger partial charge in [-0.1, -0.05) is 0 Å². The quantitative estimate of drug-likeness (QED) is 0.632. The van der Waals surface area contributed by atoms with E-state index >= 15 is 0 Å². The van der Waals surface area contributed by atoms with Gasteiger partial charge in [0.2, 0.25) is 0 Å². The third-order valence-corrected chi connectivity index (χ3v) is 2.74. The minimum absolute atomic E-state index is 0.0249. The van der Waals surface area contributed by atoms with Crippen molar-refractivity contribution < 1.29 is 24.5 Å². The highest BCUT2D eigenvalue weighted by Crippen LogP contribution is 2.28. The summed E-state index contributed by atoms with van der Waals surface area (Å²) < 4.78 is 5.46. The molecule has 0 spiro atoms. The van der Waals surface area contributed by atoms with Gasteiger partial charge in [-0.3, -0.25) is 0 Å². The van der Waals surface area contributed by atoms with E-state index in [1.165, 1.54) is 36.4 Å². The van der Waals surface area contributed by atoms with Crippen molar-refractivity contribution in [3.8, 4) is 11.5 Å². The molecule has 0 radical (unpaired) electrons. The molecule has 0 fully saturated rings. The summed E-state index contributed by atoms with van der Waals surface area (Å²) in [5.41, 5.74) is 11.3. The molecule has 0 saturated heterocycles. The number of rotatable bonds is 4. The van der Waals surface area contributed by atoms with E-state index in [-0.39, 0.29) is 22.5 Å². The fourth-order valence-corrected chi connectivity index (χ4v) is 1.73. The number of hydrogen-bond acceptors (Lipinski definition) is 5. The van der Waals surface area contributed by atoms with Crippen LogP contribution in [0.15, 0.2) is 36.4 Å². The zero-order chi connectivity index (χ0) is 15.6. The number of carboxylic acid groups (broad SMARTS) is 2. The SMILES string of the molecule is Nc1cc(Oc2ccc(C(=O)O)c(N)c2)ccc1C(=O)O. The Labute approximate surface area is 119 Å². The standard InChI is InChI=1S/C14H12N2O5/c15-11-5-7(1-3-9(11)13(17)18)21-8-2-4-10(14(19)20)12(16)6-8/h1-6H,15-16H2,(H,17,18)(H,19,20). The molecule has 0 atom stereocenters. The molecule has 2 aromatic rings. The second-order valence-electron chi connectivity index (χ2n) is 4.21. The lowest BCUT2D eigenvalue weighted by Crippen LogP contribution is -2.03. The molecular weight excluding hydrogens is 276 g/mol. The molecule has 0 heterocycles. The molecule has 6 N–H and O–H groups in total. The van der Waals surface area contributed by atoms with Crippen molar-refractivity contribution in [1.82, 2.24) is 0 Å². The molecule has 0 bridgehead atoms. The zero-order valence-electron chi connectivity index (χ0n) is 10.7. The largest absolute Gasteiger partial charge is 0.478 e. The van der Waals surface area contributed by atoms with Gasteiger partial charge in [0.25, 0.3) is 0 Å². The number of nitrogen functional groups attached to an aromatic ring is 2. The fourth-order valence-electron chi connectivity index (χ4n) is 1.73. The van der Waals surface area contributed by atoms with E-state index in [2.05, 4.69) is 0 Å². The van der Waals surface area contributed by atoms with Crippen LogP contribution in [0, 0.1) is 0 Å². The van der Waals surface area contributed by atoms with Crippen molar-refractivity contribution in [2.45, 2.75) is 0 Å². The van der Waals surface area contributed by atoms with Gasteiger partial charge in [-0.15, -0.1) is 0 Å². The minimum Gasteiger partial charge on any atom is -0.478 e. The first-order chi connectivity index (χ1) is 9.88. The van der Waals surface area contributed by atoms with Crippen molar-refractivity contribution in [2.75, 3.05) is 11.5 Å². The minimum atomic E-state index is -1.13. The van der Waals surface area contributed by atoms with Gasteiger partial charge >= 0.3 is 11.9 Å². The number of nitrogens with two attached hydrogens (primary N) is 2. The first kappa shape index (κ1) is 14.2. The molecule has 108 valence electrons. The van der Waals surface area contributed by atoms with Gasteiger partial charge in [0, 0.05) is 23.5 Å². The molecular formula is C14H12N2O5. The number of carboxylic acids is 2. The Morgan fingerprint density at radius 3 is 1.48 bits per heavy atom. The van der Waals surface area contributed by atoms with Crippen LogP contribution in [0.1, 0.15) is 20.7 Å². The van der Waals surface area contributed by atoms with Crippen LogP contribution in [0.5, 0.6) is 11.5 Å². The van der Waals surface area contributed by atoms with Crippen LogP contribution in [0.2, 0.25) is 0 Å². The summed E-state index contributed by atoms with van der Waals surface area (Å²) in [4.78, 5) is 21.7. The summed E-state index contributed by atoms with van der Waals surface area (Å²) in [6, 6.07) is 8.27. The van der Waals surface area contributed by atoms with Gasteiger partial charge in [-0.2, -0.15) is 0 Å². The highest BCUT2D eigenvalue weighted by molar-refractivity contribution is 5.94. The normalized spacial score (nSPS) is 10.1. The molecule has 0 aliphatic rings. The Hall–Kier alpha value is -3.22. The number of anilines is 2. The Morgan fingerprint density at radius 2 is 1.19 bits per heavy atom. The first-order valence-electron chi connectivity index (χ1n) is 5.82. The van der Waals surface area contributed by atoms with E-state index in [0.717, 1.165) is 0 Å². The predicted octanol–water partition coefficient (Wildman–Crippen LogP) is 2.04. The van der Waals surface area contributed by atoms with E-state index in [9.17, 15) is 9.59 Å². The zero-order valence-corrected chi connectivity index (χ0v) is 10.7. The number of carbonyl (C=O) groups is 2. The van der Waals surface area contributed by atoms with Gasteiger partial charge in [-0.05, 0) is 24.3 Å². The molecule has 7 nitrogen and oxygen atoms in total. The van der Waals surface area contributed by atoms with Crippen LogP contribution in [0.25, 0.3) is 0 Å². The van der Waals surface area contributed by atoms with Gasteiger partial charge in [-0.25, -0.2) is 9.59 Å². The lowest BCUT2D eigenvalue weighted by molar-refractivity contribution is 0.0687. The molecule has 0 amide bonds. The second kappa shape index (κ2) is 5.41. The maximum absolute atomic E-state index is 10.8. The van der Waals surface area contributed by atoms with Crippen molar-refractivity contribution in [2.24, 2.45) is 0 Å². The van der Waals surface area contributed by atoms with Crippen LogP contribution >= 0.6 is 0 Å². The molecule has 0 aliphatic heterocycles. The average Bonchev–Trinajstić information content (AvgIpc) is 2.37. The van der Waals surface area contributed by atoms with E-state index in [4.69, 9.17) is 26.4 Å². The van der Waals surface area contributed by atoms with Gasteiger partial charge < -0.3 is 26.4 Å². The maximum atomic E-state index is 10.8. The Balaban J connectivity index is 2.26. The van der Waals surface area contributed by atoms with E-state index in [0.29, 0.717) is 11.5 Å². The molecule has 7 heteroatoms.